The molecule has 2 aromatic heterocycles. The lowest BCUT2D eigenvalue weighted by Crippen LogP contribution is -2.21. The van der Waals surface area contributed by atoms with Crippen molar-refractivity contribution in [2.24, 2.45) is 5.10 Å². The van der Waals surface area contributed by atoms with Crippen LogP contribution in [0, 0.1) is 17.0 Å². The Labute approximate surface area is 152 Å². The fourth-order valence-corrected chi connectivity index (χ4v) is 4.57. The second-order valence-corrected chi connectivity index (χ2v) is 7.35. The van der Waals surface area contributed by atoms with Crippen molar-refractivity contribution in [1.82, 2.24) is 9.66 Å². The summed E-state index contributed by atoms with van der Waals surface area (Å²) in [6.45, 7) is 1.74. The predicted octanol–water partition coefficient (Wildman–Crippen LogP) is 3.44. The van der Waals surface area contributed by atoms with Gasteiger partial charge in [-0.05, 0) is 38.2 Å². The molecule has 0 aliphatic heterocycles. The Bertz CT molecular complexity index is 1110. The molecule has 0 saturated carbocycles. The summed E-state index contributed by atoms with van der Waals surface area (Å²) in [7, 11) is 0. The number of hydrogen-bond acceptors (Lipinski definition) is 6. The second kappa shape index (κ2) is 6.45. The van der Waals surface area contributed by atoms with Crippen molar-refractivity contribution in [3.63, 3.8) is 0 Å². The summed E-state index contributed by atoms with van der Waals surface area (Å²) < 4.78 is 1.28. The zero-order valence-electron chi connectivity index (χ0n) is 14.1. The molecule has 0 bridgehead atoms. The molecule has 1 aromatic carbocycles. The van der Waals surface area contributed by atoms with Gasteiger partial charge in [0.05, 0.1) is 16.5 Å². The maximum Gasteiger partial charge on any atom is 0.283 e. The minimum absolute atomic E-state index is 0.0153. The van der Waals surface area contributed by atoms with Crippen molar-refractivity contribution >= 4 is 33.5 Å². The highest BCUT2D eigenvalue weighted by atomic mass is 32.1. The summed E-state index contributed by atoms with van der Waals surface area (Å²) >= 11 is 1.61. The summed E-state index contributed by atoms with van der Waals surface area (Å²) in [6, 6.07) is 6.13. The number of thiophene rings is 1. The van der Waals surface area contributed by atoms with E-state index in [1.807, 2.05) is 0 Å². The topological polar surface area (TPSA) is 90.4 Å². The van der Waals surface area contributed by atoms with Gasteiger partial charge in [-0.2, -0.15) is 9.78 Å². The van der Waals surface area contributed by atoms with E-state index in [1.54, 1.807) is 30.4 Å². The third-order valence-corrected chi connectivity index (χ3v) is 5.72. The second-order valence-electron chi connectivity index (χ2n) is 6.26. The van der Waals surface area contributed by atoms with E-state index in [2.05, 4.69) is 10.1 Å². The summed E-state index contributed by atoms with van der Waals surface area (Å²) in [4.78, 5) is 30.0. The van der Waals surface area contributed by atoms with Crippen molar-refractivity contribution in [1.29, 1.82) is 0 Å². The number of benzene rings is 1. The van der Waals surface area contributed by atoms with E-state index in [1.165, 1.54) is 27.9 Å². The minimum Gasteiger partial charge on any atom is -0.267 e. The molecule has 0 atom stereocenters. The van der Waals surface area contributed by atoms with Gasteiger partial charge in [0.2, 0.25) is 0 Å². The van der Waals surface area contributed by atoms with Crippen molar-refractivity contribution in [3.05, 3.63) is 66.6 Å². The average Bonchev–Trinajstić information content (AvgIpc) is 2.99. The fourth-order valence-electron chi connectivity index (χ4n) is 3.28. The molecule has 8 heteroatoms. The quantitative estimate of drug-likeness (QED) is 0.402. The molecule has 0 amide bonds. The van der Waals surface area contributed by atoms with Crippen LogP contribution in [0.3, 0.4) is 0 Å². The van der Waals surface area contributed by atoms with Gasteiger partial charge in [-0.25, -0.2) is 4.98 Å². The minimum atomic E-state index is -0.458. The Morgan fingerprint density at radius 1 is 1.35 bits per heavy atom. The molecule has 0 N–H and O–H groups in total. The SMILES string of the molecule is Cc1nc2sc3c(c2c(=O)n1/N=C/c1cccc([N+](=O)[O-])c1)CCCC3. The van der Waals surface area contributed by atoms with E-state index in [-0.39, 0.29) is 11.2 Å². The van der Waals surface area contributed by atoms with E-state index in [0.717, 1.165) is 36.1 Å². The zero-order chi connectivity index (χ0) is 18.3. The Morgan fingerprint density at radius 3 is 2.96 bits per heavy atom. The van der Waals surface area contributed by atoms with Gasteiger partial charge < -0.3 is 0 Å². The molecule has 2 heterocycles. The van der Waals surface area contributed by atoms with E-state index >= 15 is 0 Å². The van der Waals surface area contributed by atoms with Crippen LogP contribution in [0.2, 0.25) is 0 Å². The van der Waals surface area contributed by atoms with Gasteiger partial charge in [0, 0.05) is 22.6 Å². The first-order valence-corrected chi connectivity index (χ1v) is 9.19. The van der Waals surface area contributed by atoms with Crippen LogP contribution in [0.25, 0.3) is 10.2 Å². The number of fused-ring (bicyclic) bond motifs is 3. The highest BCUT2D eigenvalue weighted by molar-refractivity contribution is 7.18. The van der Waals surface area contributed by atoms with Gasteiger partial charge in [0.1, 0.15) is 10.7 Å². The van der Waals surface area contributed by atoms with Crippen LogP contribution in [-0.4, -0.2) is 20.8 Å². The first-order valence-electron chi connectivity index (χ1n) is 8.37. The molecule has 0 unspecified atom stereocenters. The number of nitro groups is 1. The molecule has 0 spiro atoms. The highest BCUT2D eigenvalue weighted by Crippen LogP contribution is 2.33. The Hall–Kier alpha value is -2.87. The predicted molar refractivity (Wildman–Crippen MR) is 101 cm³/mol. The monoisotopic (exact) mass is 368 g/mol. The molecule has 3 aromatic rings. The zero-order valence-corrected chi connectivity index (χ0v) is 15.0. The van der Waals surface area contributed by atoms with E-state index in [4.69, 9.17) is 0 Å². The van der Waals surface area contributed by atoms with Gasteiger partial charge in [0.25, 0.3) is 11.2 Å². The average molecular weight is 368 g/mol. The fraction of sp³-hybridized carbons (Fsp3) is 0.278. The summed E-state index contributed by atoms with van der Waals surface area (Å²) in [5.41, 5.74) is 1.48. The van der Waals surface area contributed by atoms with Gasteiger partial charge >= 0.3 is 0 Å². The number of aromatic nitrogens is 2. The van der Waals surface area contributed by atoms with Gasteiger partial charge in [0.15, 0.2) is 0 Å². The first kappa shape index (κ1) is 16.6. The maximum absolute atomic E-state index is 13.0. The third-order valence-electron chi connectivity index (χ3n) is 4.53. The Balaban J connectivity index is 1.80. The summed E-state index contributed by atoms with van der Waals surface area (Å²) in [5, 5.41) is 15.8. The smallest absolute Gasteiger partial charge is 0.267 e. The first-order chi connectivity index (χ1) is 12.5. The number of nitrogens with zero attached hydrogens (tertiary/aromatic N) is 4. The highest BCUT2D eigenvalue weighted by Gasteiger charge is 2.21. The van der Waals surface area contributed by atoms with Crippen LogP contribution in [0.4, 0.5) is 5.69 Å². The van der Waals surface area contributed by atoms with Gasteiger partial charge in [-0.1, -0.05) is 12.1 Å². The molecular weight excluding hydrogens is 352 g/mol. The van der Waals surface area contributed by atoms with Crippen LogP contribution in [-0.2, 0) is 12.8 Å². The van der Waals surface area contributed by atoms with Crippen molar-refractivity contribution in [3.8, 4) is 0 Å². The Morgan fingerprint density at radius 2 is 2.15 bits per heavy atom. The largest absolute Gasteiger partial charge is 0.283 e. The van der Waals surface area contributed by atoms with Crippen LogP contribution in [0.15, 0.2) is 34.2 Å². The molecule has 7 nitrogen and oxygen atoms in total. The van der Waals surface area contributed by atoms with Crippen LogP contribution < -0.4 is 5.56 Å². The lowest BCUT2D eigenvalue weighted by Gasteiger charge is -2.10. The molecule has 0 saturated heterocycles. The molecule has 132 valence electrons. The van der Waals surface area contributed by atoms with Crippen LogP contribution in [0.1, 0.15) is 34.7 Å². The molecule has 0 radical (unpaired) electrons. The van der Waals surface area contributed by atoms with Crippen molar-refractivity contribution in [2.45, 2.75) is 32.6 Å². The molecule has 1 aliphatic carbocycles. The normalized spacial score (nSPS) is 14.0. The lowest BCUT2D eigenvalue weighted by molar-refractivity contribution is -0.384. The number of nitro benzene ring substituents is 1. The molecule has 1 aliphatic rings. The molecule has 26 heavy (non-hydrogen) atoms. The number of rotatable bonds is 3. The third kappa shape index (κ3) is 2.82. The van der Waals surface area contributed by atoms with E-state index in [9.17, 15) is 14.9 Å². The number of aryl methyl sites for hydroxylation is 3. The van der Waals surface area contributed by atoms with Crippen molar-refractivity contribution < 1.29 is 4.92 Å². The molecular formula is C18H16N4O3S. The lowest BCUT2D eigenvalue weighted by atomic mass is 9.97. The van der Waals surface area contributed by atoms with Crippen molar-refractivity contribution in [2.75, 3.05) is 0 Å². The van der Waals surface area contributed by atoms with Crippen LogP contribution in [0.5, 0.6) is 0 Å². The van der Waals surface area contributed by atoms with E-state index in [0.29, 0.717) is 16.8 Å². The number of hydrogen-bond donors (Lipinski definition) is 0. The Kier molecular flexibility index (Phi) is 4.12. The van der Waals surface area contributed by atoms with E-state index < -0.39 is 4.92 Å². The van der Waals surface area contributed by atoms with Gasteiger partial charge in [-0.15, -0.1) is 11.3 Å². The summed E-state index contributed by atoms with van der Waals surface area (Å²) in [6.07, 6.45) is 5.60. The van der Waals surface area contributed by atoms with Crippen LogP contribution >= 0.6 is 11.3 Å². The number of non-ortho nitro benzene ring substituents is 1. The summed E-state index contributed by atoms with van der Waals surface area (Å²) in [5.74, 6) is 0.503. The maximum atomic E-state index is 13.0. The standard InChI is InChI=1S/C18H16N4O3S/c1-11-20-17-16(14-7-2-3-8-15(14)26-17)18(23)21(11)19-10-12-5-4-6-13(9-12)22(24)25/h4-6,9-10H,2-3,7-8H2,1H3/b19-10+. The molecule has 4 rings (SSSR count). The molecule has 0 fully saturated rings. The van der Waals surface area contributed by atoms with Gasteiger partial charge in [-0.3, -0.25) is 14.9 Å².